The van der Waals surface area contributed by atoms with Gasteiger partial charge in [-0.2, -0.15) is 0 Å². The van der Waals surface area contributed by atoms with Crippen molar-refractivity contribution < 1.29 is 4.39 Å². The van der Waals surface area contributed by atoms with Crippen LogP contribution in [0.2, 0.25) is 0 Å². The first-order chi connectivity index (χ1) is 2.63. The molecule has 36 valence electrons. The first kappa shape index (κ1) is 4.34. The van der Waals surface area contributed by atoms with Crippen LogP contribution in [0.3, 0.4) is 0 Å². The molecule has 0 aromatic carbocycles. The van der Waals surface area contributed by atoms with Gasteiger partial charge in [0.05, 0.1) is 6.04 Å². The Bertz CT molecular complexity index is 73.2. The minimum absolute atomic E-state index is 0.314. The maximum atomic E-state index is 11.8. The molecule has 0 radical (unpaired) electrons. The molecule has 0 saturated heterocycles. The molecule has 1 saturated carbocycles. The van der Waals surface area contributed by atoms with Crippen molar-refractivity contribution in [1.29, 1.82) is 0 Å². The van der Waals surface area contributed by atoms with E-state index in [0.717, 1.165) is 0 Å². The topological polar surface area (TPSA) is 26.0 Å². The van der Waals surface area contributed by atoms with Gasteiger partial charge in [-0.15, -0.1) is 0 Å². The second-order valence-electron chi connectivity index (χ2n) is 1.57. The van der Waals surface area contributed by atoms with Crippen molar-refractivity contribution in [3.05, 3.63) is 0 Å². The first-order valence-electron chi connectivity index (χ1n) is 1.76. The molecule has 2 atom stereocenters. The molecular weight excluding hydrogens is 104 g/mol. The van der Waals surface area contributed by atoms with Crippen LogP contribution in [0.25, 0.3) is 0 Å². The average molecular weight is 110 g/mol. The van der Waals surface area contributed by atoms with Gasteiger partial charge in [-0.25, -0.2) is 4.39 Å². The van der Waals surface area contributed by atoms with Gasteiger partial charge in [0.2, 0.25) is 0 Å². The zero-order chi connectivity index (χ0) is 4.78. The molecule has 2 N–H and O–H groups in total. The number of hydrogen-bond acceptors (Lipinski definition) is 1. The van der Waals surface area contributed by atoms with Gasteiger partial charge >= 0.3 is 0 Å². The lowest BCUT2D eigenvalue weighted by molar-refractivity contribution is 0.416. The highest BCUT2D eigenvalue weighted by atomic mass is 35.5. The number of rotatable bonds is 0. The Balaban J connectivity index is 2.41. The van der Waals surface area contributed by atoms with Crippen molar-refractivity contribution in [1.82, 2.24) is 0 Å². The minimum Gasteiger partial charge on any atom is -0.324 e. The van der Waals surface area contributed by atoms with Gasteiger partial charge in [0.25, 0.3) is 0 Å². The molecule has 1 aliphatic carbocycles. The monoisotopic (exact) mass is 109 g/mol. The fourth-order valence-corrected chi connectivity index (χ4v) is 0.401. The Labute approximate surface area is 40.3 Å². The van der Waals surface area contributed by atoms with Crippen LogP contribution in [0, 0.1) is 0 Å². The summed E-state index contributed by atoms with van der Waals surface area (Å²) in [6, 6.07) is -0.404. The lowest BCUT2D eigenvalue weighted by Gasteiger charge is -1.84. The average Bonchev–Trinajstić information content (AvgIpc) is 1.73. The van der Waals surface area contributed by atoms with E-state index in [0.29, 0.717) is 6.42 Å². The number of halogens is 2. The highest BCUT2D eigenvalue weighted by Crippen LogP contribution is 2.42. The molecule has 0 unspecified atom stereocenters. The zero-order valence-corrected chi connectivity index (χ0v) is 3.87. The minimum atomic E-state index is -1.54. The van der Waals surface area contributed by atoms with Crippen LogP contribution >= 0.6 is 11.6 Å². The van der Waals surface area contributed by atoms with E-state index < -0.39 is 11.2 Å². The Morgan fingerprint density at radius 1 is 2.00 bits per heavy atom. The van der Waals surface area contributed by atoms with Crippen LogP contribution in [-0.2, 0) is 0 Å². The van der Waals surface area contributed by atoms with Crippen molar-refractivity contribution in [2.24, 2.45) is 5.73 Å². The van der Waals surface area contributed by atoms with Crippen molar-refractivity contribution in [2.75, 3.05) is 0 Å². The fourth-order valence-electron chi connectivity index (χ4n) is 0.234. The smallest absolute Gasteiger partial charge is 0.200 e. The summed E-state index contributed by atoms with van der Waals surface area (Å²) in [5.74, 6) is 0. The maximum absolute atomic E-state index is 11.8. The van der Waals surface area contributed by atoms with Gasteiger partial charge in [0.1, 0.15) is 0 Å². The SMILES string of the molecule is N[C@@H]1C[C@]1(F)Cl. The Morgan fingerprint density at radius 3 is 2.17 bits per heavy atom. The highest BCUT2D eigenvalue weighted by Gasteiger charge is 2.51. The van der Waals surface area contributed by atoms with Crippen molar-refractivity contribution in [3.8, 4) is 0 Å². The van der Waals surface area contributed by atoms with Gasteiger partial charge in [-0.3, -0.25) is 0 Å². The van der Waals surface area contributed by atoms with E-state index in [2.05, 4.69) is 0 Å². The predicted octanol–water partition coefficient (Wildman–Crippen LogP) is 0.622. The zero-order valence-electron chi connectivity index (χ0n) is 3.12. The lowest BCUT2D eigenvalue weighted by atomic mass is 10.8. The van der Waals surface area contributed by atoms with Crippen molar-refractivity contribution in [3.63, 3.8) is 0 Å². The van der Waals surface area contributed by atoms with E-state index in [1.54, 1.807) is 0 Å². The summed E-state index contributed by atoms with van der Waals surface area (Å²) in [5, 5.41) is -1.54. The van der Waals surface area contributed by atoms with Crippen LogP contribution in [0.5, 0.6) is 0 Å². The molecule has 0 heterocycles. The summed E-state index contributed by atoms with van der Waals surface area (Å²) in [6.45, 7) is 0. The van der Waals surface area contributed by atoms with E-state index in [9.17, 15) is 4.39 Å². The standard InChI is InChI=1S/C3H5ClFN/c4-3(5)1-2(3)6/h2H,1,6H2/t2-,3-/m1/s1. The van der Waals surface area contributed by atoms with Crippen LogP contribution in [0.1, 0.15) is 6.42 Å². The quantitative estimate of drug-likeness (QED) is 0.454. The molecule has 0 spiro atoms. The molecule has 6 heavy (non-hydrogen) atoms. The molecule has 0 bridgehead atoms. The molecule has 0 aliphatic heterocycles. The molecule has 1 fully saturated rings. The molecule has 1 rings (SSSR count). The summed E-state index contributed by atoms with van der Waals surface area (Å²) < 4.78 is 11.8. The Hall–Kier alpha value is 0.180. The highest BCUT2D eigenvalue weighted by molar-refractivity contribution is 6.25. The van der Waals surface area contributed by atoms with Gasteiger partial charge in [0, 0.05) is 6.42 Å². The van der Waals surface area contributed by atoms with Gasteiger partial charge in [0.15, 0.2) is 5.13 Å². The third-order valence-corrected chi connectivity index (χ3v) is 1.31. The summed E-state index contributed by atoms with van der Waals surface area (Å²) in [4.78, 5) is 0. The summed E-state index contributed by atoms with van der Waals surface area (Å²) >= 11 is 5.00. The fraction of sp³-hybridized carbons (Fsp3) is 1.00. The van der Waals surface area contributed by atoms with E-state index in [-0.39, 0.29) is 0 Å². The molecule has 0 amide bonds. The molecule has 1 nitrogen and oxygen atoms in total. The van der Waals surface area contributed by atoms with Crippen molar-refractivity contribution in [2.45, 2.75) is 17.6 Å². The largest absolute Gasteiger partial charge is 0.324 e. The van der Waals surface area contributed by atoms with E-state index >= 15 is 0 Å². The molecule has 3 heteroatoms. The van der Waals surface area contributed by atoms with Crippen molar-refractivity contribution >= 4 is 11.6 Å². The number of alkyl halides is 2. The molecular formula is C3H5ClFN. The van der Waals surface area contributed by atoms with E-state index in [1.807, 2.05) is 0 Å². The van der Waals surface area contributed by atoms with Crippen LogP contribution in [0.15, 0.2) is 0 Å². The third kappa shape index (κ3) is 0.502. The third-order valence-electron chi connectivity index (χ3n) is 0.874. The number of nitrogens with two attached hydrogens (primary N) is 1. The second kappa shape index (κ2) is 0.873. The Kier molecular flexibility index (Phi) is 0.632. The predicted molar refractivity (Wildman–Crippen MR) is 22.3 cm³/mol. The van der Waals surface area contributed by atoms with Gasteiger partial charge < -0.3 is 5.73 Å². The van der Waals surface area contributed by atoms with Crippen LogP contribution < -0.4 is 5.73 Å². The summed E-state index contributed by atoms with van der Waals surface area (Å²) in [5.41, 5.74) is 4.99. The second-order valence-corrected chi connectivity index (χ2v) is 2.20. The summed E-state index contributed by atoms with van der Waals surface area (Å²) in [7, 11) is 0. The first-order valence-corrected chi connectivity index (χ1v) is 2.14. The van der Waals surface area contributed by atoms with Gasteiger partial charge in [-0.1, -0.05) is 11.6 Å². The maximum Gasteiger partial charge on any atom is 0.200 e. The molecule has 0 aromatic heterocycles. The van der Waals surface area contributed by atoms with Crippen LogP contribution in [0.4, 0.5) is 4.39 Å². The van der Waals surface area contributed by atoms with Gasteiger partial charge in [-0.05, 0) is 0 Å². The normalized spacial score (nSPS) is 55.5. The lowest BCUT2D eigenvalue weighted by Crippen LogP contribution is -2.07. The summed E-state index contributed by atoms with van der Waals surface area (Å²) in [6.07, 6.45) is 0.314. The molecule has 1 aliphatic rings. The number of hydrogen-bond donors (Lipinski definition) is 1. The Morgan fingerprint density at radius 2 is 2.17 bits per heavy atom. The van der Waals surface area contributed by atoms with Crippen LogP contribution in [-0.4, -0.2) is 11.2 Å². The van der Waals surface area contributed by atoms with E-state index in [4.69, 9.17) is 17.3 Å². The molecule has 0 aromatic rings. The van der Waals surface area contributed by atoms with E-state index in [1.165, 1.54) is 0 Å².